The van der Waals surface area contributed by atoms with E-state index in [-0.39, 0.29) is 27.0 Å². The zero-order chi connectivity index (χ0) is 24.2. The second-order valence-electron chi connectivity index (χ2n) is 6.84. The van der Waals surface area contributed by atoms with Crippen molar-refractivity contribution in [3.05, 3.63) is 63.6 Å². The van der Waals surface area contributed by atoms with E-state index in [0.29, 0.717) is 0 Å². The van der Waals surface area contributed by atoms with E-state index in [9.17, 15) is 27.2 Å². The minimum atomic E-state index is -4.98. The lowest BCUT2D eigenvalue weighted by molar-refractivity contribution is -0.274. The summed E-state index contributed by atoms with van der Waals surface area (Å²) in [5, 5.41) is 0. The Morgan fingerprint density at radius 3 is 2.44 bits per heavy atom. The molecule has 0 bridgehead atoms. The van der Waals surface area contributed by atoms with E-state index in [0.717, 1.165) is 19.3 Å². The molecule has 1 aliphatic rings. The molecule has 5 nitrogen and oxygen atoms in total. The Morgan fingerprint density at radius 1 is 1.25 bits per heavy atom. The molecule has 2 atom stereocenters. The lowest BCUT2D eigenvalue weighted by atomic mass is 9.84. The van der Waals surface area contributed by atoms with Gasteiger partial charge in [-0.1, -0.05) is 24.3 Å². The second-order valence-corrected chi connectivity index (χ2v) is 7.70. The molecule has 10 heteroatoms. The maximum atomic E-state index is 14.1. The van der Waals surface area contributed by atoms with E-state index in [1.165, 1.54) is 38.1 Å². The molecule has 0 saturated heterocycles. The van der Waals surface area contributed by atoms with Crippen LogP contribution < -0.4 is 4.74 Å². The molecule has 172 valence electrons. The molecule has 0 N–H and O–H groups in total. The Balaban J connectivity index is 2.64. The molecule has 0 saturated carbocycles. The summed E-state index contributed by atoms with van der Waals surface area (Å²) in [6.45, 7) is 4.54. The number of alkyl halides is 3. The Bertz CT molecular complexity index is 1040. The highest BCUT2D eigenvalue weighted by molar-refractivity contribution is 9.11. The van der Waals surface area contributed by atoms with Gasteiger partial charge in [-0.25, -0.2) is 9.38 Å². The minimum absolute atomic E-state index is 0.0210. The van der Waals surface area contributed by atoms with Crippen LogP contribution in [0.2, 0.25) is 0 Å². The highest BCUT2D eigenvalue weighted by Gasteiger charge is 2.47. The summed E-state index contributed by atoms with van der Waals surface area (Å²) in [4.78, 5) is 29.6. The number of esters is 1. The largest absolute Gasteiger partial charge is 0.573 e. The number of halogens is 5. The smallest absolute Gasteiger partial charge is 0.468 e. The van der Waals surface area contributed by atoms with Gasteiger partial charge in [-0.2, -0.15) is 0 Å². The molecule has 1 aromatic carbocycles. The topological polar surface area (TPSA) is 65.0 Å². The third-order valence-electron chi connectivity index (χ3n) is 4.73. The zero-order valence-corrected chi connectivity index (χ0v) is 19.2. The summed E-state index contributed by atoms with van der Waals surface area (Å²) in [7, 11) is 1.07. The molecule has 0 amide bonds. The van der Waals surface area contributed by atoms with E-state index < -0.39 is 41.5 Å². The highest BCUT2D eigenvalue weighted by atomic mass is 79.9. The summed E-state index contributed by atoms with van der Waals surface area (Å²) in [6.07, 6.45) is -2.42. The average Bonchev–Trinajstić information content (AvgIpc) is 2.96. The molecule has 1 aliphatic carbocycles. The summed E-state index contributed by atoms with van der Waals surface area (Å²) in [6, 6.07) is 5.22. The monoisotopic (exact) mass is 517 g/mol. The first kappa shape index (κ1) is 25.5. The van der Waals surface area contributed by atoms with Crippen LogP contribution in [0.4, 0.5) is 17.6 Å². The van der Waals surface area contributed by atoms with Gasteiger partial charge in [0.15, 0.2) is 5.78 Å². The van der Waals surface area contributed by atoms with Crippen molar-refractivity contribution in [1.29, 1.82) is 0 Å². The molecule has 0 fully saturated rings. The predicted octanol–water partition coefficient (Wildman–Crippen LogP) is 5.93. The number of allylic oxidation sites excluding steroid dienone is 6. The van der Waals surface area contributed by atoms with Crippen molar-refractivity contribution >= 4 is 33.4 Å². The van der Waals surface area contributed by atoms with Gasteiger partial charge < -0.3 is 9.47 Å². The molecule has 0 heterocycles. The van der Waals surface area contributed by atoms with E-state index >= 15 is 0 Å². The second kappa shape index (κ2) is 10.2. The van der Waals surface area contributed by atoms with Crippen LogP contribution in [-0.4, -0.2) is 30.9 Å². The Kier molecular flexibility index (Phi) is 8.17. The molecule has 2 unspecified atom stereocenters. The zero-order valence-electron chi connectivity index (χ0n) is 17.6. The first-order valence-electron chi connectivity index (χ1n) is 9.33. The van der Waals surface area contributed by atoms with Crippen LogP contribution in [0, 0.1) is 5.92 Å². The van der Waals surface area contributed by atoms with Crippen LogP contribution in [0.25, 0.3) is 0 Å². The standard InChI is InChI=1S/C22H20BrF4NO4/c1-5-14(23)15(24)10-11(2)28-19-12(3)17(18(20(19)29)21(30)31-4)13-8-6-7-9-16(13)32-22(25,26)27/h5-10,17-18H,1-4H3/b14-5+,15-10+,28-11?. The molecule has 32 heavy (non-hydrogen) atoms. The van der Waals surface area contributed by atoms with E-state index in [1.54, 1.807) is 6.92 Å². The molecular formula is C22H20BrF4NO4. The minimum Gasteiger partial charge on any atom is -0.468 e. The molecule has 0 radical (unpaired) electrons. The molecule has 0 aromatic heterocycles. The average molecular weight is 518 g/mol. The van der Waals surface area contributed by atoms with Crippen molar-refractivity contribution in [1.82, 2.24) is 0 Å². The number of Topliss-reactive ketones (excluding diaryl/α,β-unsaturated/α-hetero) is 1. The number of ether oxygens (including phenoxy) is 2. The van der Waals surface area contributed by atoms with Crippen molar-refractivity contribution in [2.75, 3.05) is 7.11 Å². The number of carbonyl (C=O) groups is 2. The lowest BCUT2D eigenvalue weighted by Gasteiger charge is -2.22. The number of benzene rings is 1. The van der Waals surface area contributed by atoms with Gasteiger partial charge in [0.05, 0.1) is 7.11 Å². The number of hydrogen-bond acceptors (Lipinski definition) is 5. The molecular weight excluding hydrogens is 498 g/mol. The van der Waals surface area contributed by atoms with Crippen LogP contribution in [0.3, 0.4) is 0 Å². The molecule has 2 rings (SSSR count). The predicted molar refractivity (Wildman–Crippen MR) is 114 cm³/mol. The van der Waals surface area contributed by atoms with Crippen LogP contribution in [-0.2, 0) is 14.3 Å². The fraction of sp³-hybridized carbons (Fsp3) is 0.318. The van der Waals surface area contributed by atoms with Crippen molar-refractivity contribution in [2.24, 2.45) is 10.9 Å². The molecule has 1 aromatic rings. The fourth-order valence-electron chi connectivity index (χ4n) is 3.37. The van der Waals surface area contributed by atoms with Gasteiger partial charge in [0, 0.05) is 21.7 Å². The van der Waals surface area contributed by atoms with E-state index in [1.807, 2.05) is 0 Å². The molecule has 0 aliphatic heterocycles. The van der Waals surface area contributed by atoms with Crippen LogP contribution in [0.1, 0.15) is 32.3 Å². The van der Waals surface area contributed by atoms with Crippen molar-refractivity contribution in [3.8, 4) is 5.75 Å². The maximum Gasteiger partial charge on any atom is 0.573 e. The van der Waals surface area contributed by atoms with Crippen LogP contribution in [0.5, 0.6) is 5.75 Å². The summed E-state index contributed by atoms with van der Waals surface area (Å²) < 4.78 is 61.8. The van der Waals surface area contributed by atoms with Gasteiger partial charge >= 0.3 is 12.3 Å². The third kappa shape index (κ3) is 5.73. The summed E-state index contributed by atoms with van der Waals surface area (Å²) in [5.74, 6) is -5.41. The number of aliphatic imine (C=N–C) groups is 1. The van der Waals surface area contributed by atoms with Gasteiger partial charge in [0.2, 0.25) is 0 Å². The quantitative estimate of drug-likeness (QED) is 0.154. The Hall–Kier alpha value is -2.75. The highest BCUT2D eigenvalue weighted by Crippen LogP contribution is 2.46. The normalized spacial score (nSPS) is 20.7. The summed E-state index contributed by atoms with van der Waals surface area (Å²) in [5.41, 5.74) is 0.188. The Morgan fingerprint density at radius 2 is 1.88 bits per heavy atom. The first-order chi connectivity index (χ1) is 14.9. The van der Waals surface area contributed by atoms with Crippen LogP contribution >= 0.6 is 15.9 Å². The van der Waals surface area contributed by atoms with Crippen molar-refractivity contribution < 1.29 is 36.6 Å². The van der Waals surface area contributed by atoms with Gasteiger partial charge in [-0.05, 0) is 54.4 Å². The van der Waals surface area contributed by atoms with E-state index in [4.69, 9.17) is 4.74 Å². The number of methoxy groups -OCH3 is 1. The van der Waals surface area contributed by atoms with Crippen molar-refractivity contribution in [3.63, 3.8) is 0 Å². The lowest BCUT2D eigenvalue weighted by Crippen LogP contribution is -2.28. The van der Waals surface area contributed by atoms with Gasteiger partial charge in [-0.15, -0.1) is 13.2 Å². The SMILES string of the molecule is C/C=C(Br)\C(F)=C/C(C)=NC1=C(C)C(c2ccccc2OC(F)(F)F)C(C(=O)OC)C1=O. The van der Waals surface area contributed by atoms with Gasteiger partial charge in [0.25, 0.3) is 0 Å². The number of rotatable bonds is 6. The number of hydrogen-bond donors (Lipinski definition) is 0. The fourth-order valence-corrected chi connectivity index (χ4v) is 3.48. The summed E-state index contributed by atoms with van der Waals surface area (Å²) >= 11 is 3.03. The number of carbonyl (C=O) groups excluding carboxylic acids is 2. The number of ketones is 1. The maximum absolute atomic E-state index is 14.1. The van der Waals surface area contributed by atoms with Gasteiger partial charge in [-0.3, -0.25) is 9.59 Å². The van der Waals surface area contributed by atoms with E-state index in [2.05, 4.69) is 25.7 Å². The van der Waals surface area contributed by atoms with Gasteiger partial charge in [0.1, 0.15) is 23.2 Å². The number of para-hydroxylation sites is 1. The van der Waals surface area contributed by atoms with Crippen molar-refractivity contribution in [2.45, 2.75) is 33.1 Å². The Labute approximate surface area is 190 Å². The molecule has 0 spiro atoms. The first-order valence-corrected chi connectivity index (χ1v) is 10.1. The number of nitrogens with zero attached hydrogens (tertiary/aromatic N) is 1. The van der Waals surface area contributed by atoms with Crippen LogP contribution in [0.15, 0.2) is 63.0 Å². The third-order valence-corrected chi connectivity index (χ3v) is 5.57.